The molecule has 6 heteroatoms. The molecule has 0 aliphatic heterocycles. The van der Waals surface area contributed by atoms with E-state index in [-0.39, 0.29) is 11.8 Å². The lowest BCUT2D eigenvalue weighted by Crippen LogP contribution is -2.35. The molecule has 0 unspecified atom stereocenters. The molecular formula is C14H22N4O2. The number of hydrogen-bond acceptors (Lipinski definition) is 3. The van der Waals surface area contributed by atoms with Crippen molar-refractivity contribution in [3.05, 3.63) is 17.5 Å². The Bertz CT molecular complexity index is 489. The van der Waals surface area contributed by atoms with E-state index in [1.807, 2.05) is 6.92 Å². The van der Waals surface area contributed by atoms with Crippen LogP contribution in [0.2, 0.25) is 0 Å². The summed E-state index contributed by atoms with van der Waals surface area (Å²) in [4.78, 5) is 23.6. The number of carbonyl (C=O) groups excluding carboxylic acids is 2. The van der Waals surface area contributed by atoms with Gasteiger partial charge in [0.25, 0.3) is 5.91 Å². The lowest BCUT2D eigenvalue weighted by atomic mass is 10.2. The minimum Gasteiger partial charge on any atom is -0.353 e. The van der Waals surface area contributed by atoms with Crippen molar-refractivity contribution >= 4 is 11.8 Å². The number of nitrogens with one attached hydrogen (secondary N) is 2. The van der Waals surface area contributed by atoms with Crippen molar-refractivity contribution in [3.8, 4) is 0 Å². The summed E-state index contributed by atoms with van der Waals surface area (Å²) in [6.07, 6.45) is 4.86. The highest BCUT2D eigenvalue weighted by Crippen LogP contribution is 2.17. The first kappa shape index (κ1) is 14.6. The van der Waals surface area contributed by atoms with Crippen LogP contribution >= 0.6 is 0 Å². The number of rotatable bonds is 5. The van der Waals surface area contributed by atoms with Crippen LogP contribution in [0, 0.1) is 6.92 Å². The zero-order chi connectivity index (χ0) is 14.5. The quantitative estimate of drug-likeness (QED) is 0.840. The van der Waals surface area contributed by atoms with E-state index in [0.29, 0.717) is 24.7 Å². The second-order valence-corrected chi connectivity index (χ2v) is 5.35. The third-order valence-electron chi connectivity index (χ3n) is 3.59. The van der Waals surface area contributed by atoms with Crippen LogP contribution in [0.25, 0.3) is 0 Å². The van der Waals surface area contributed by atoms with Crippen molar-refractivity contribution in [3.63, 3.8) is 0 Å². The van der Waals surface area contributed by atoms with Gasteiger partial charge in [-0.3, -0.25) is 14.3 Å². The van der Waals surface area contributed by atoms with Gasteiger partial charge in [0.15, 0.2) is 0 Å². The Hall–Kier alpha value is -1.85. The molecule has 0 aromatic carbocycles. The first-order chi connectivity index (χ1) is 9.56. The summed E-state index contributed by atoms with van der Waals surface area (Å²) < 4.78 is 1.54. The highest BCUT2D eigenvalue weighted by Gasteiger charge is 2.17. The van der Waals surface area contributed by atoms with Crippen LogP contribution in [-0.4, -0.2) is 34.2 Å². The molecule has 1 aromatic heterocycles. The normalized spacial score (nSPS) is 15.3. The fraction of sp³-hybridized carbons (Fsp3) is 0.643. The minimum absolute atomic E-state index is 0.0124. The minimum atomic E-state index is -0.193. The van der Waals surface area contributed by atoms with Crippen molar-refractivity contribution in [2.24, 2.45) is 7.05 Å². The molecule has 1 fully saturated rings. The van der Waals surface area contributed by atoms with Crippen molar-refractivity contribution in [2.75, 3.05) is 6.54 Å². The Labute approximate surface area is 118 Å². The van der Waals surface area contributed by atoms with Gasteiger partial charge < -0.3 is 10.6 Å². The van der Waals surface area contributed by atoms with E-state index in [2.05, 4.69) is 15.7 Å². The van der Waals surface area contributed by atoms with Gasteiger partial charge in [-0.25, -0.2) is 0 Å². The second kappa shape index (κ2) is 6.54. The number of carbonyl (C=O) groups is 2. The zero-order valence-corrected chi connectivity index (χ0v) is 12.1. The molecule has 1 heterocycles. The fourth-order valence-corrected chi connectivity index (χ4v) is 2.57. The van der Waals surface area contributed by atoms with Crippen LogP contribution in [-0.2, 0) is 11.8 Å². The van der Waals surface area contributed by atoms with Crippen molar-refractivity contribution in [2.45, 2.75) is 45.1 Å². The van der Waals surface area contributed by atoms with E-state index in [9.17, 15) is 9.59 Å². The Morgan fingerprint density at radius 2 is 2.10 bits per heavy atom. The third-order valence-corrected chi connectivity index (χ3v) is 3.59. The highest BCUT2D eigenvalue weighted by molar-refractivity contribution is 5.92. The maximum Gasteiger partial charge on any atom is 0.269 e. The molecule has 0 bridgehead atoms. The number of aryl methyl sites for hydroxylation is 2. The summed E-state index contributed by atoms with van der Waals surface area (Å²) in [7, 11) is 1.73. The Balaban J connectivity index is 1.71. The summed E-state index contributed by atoms with van der Waals surface area (Å²) in [6.45, 7) is 2.19. The molecule has 1 aliphatic rings. The van der Waals surface area contributed by atoms with E-state index in [1.54, 1.807) is 17.8 Å². The third kappa shape index (κ3) is 3.82. The highest BCUT2D eigenvalue weighted by atomic mass is 16.2. The number of nitrogens with zero attached hydrogens (tertiary/aromatic N) is 2. The summed E-state index contributed by atoms with van der Waals surface area (Å²) in [5.41, 5.74) is 1.32. The molecule has 0 saturated heterocycles. The SMILES string of the molecule is Cc1cc(C(=O)NCCC(=O)NC2CCCC2)n(C)n1. The summed E-state index contributed by atoms with van der Waals surface area (Å²) in [5.74, 6) is -0.180. The topological polar surface area (TPSA) is 76.0 Å². The van der Waals surface area contributed by atoms with Gasteiger partial charge in [0.05, 0.1) is 5.69 Å². The van der Waals surface area contributed by atoms with Gasteiger partial charge in [0.1, 0.15) is 5.69 Å². The van der Waals surface area contributed by atoms with Gasteiger partial charge in [-0.2, -0.15) is 5.10 Å². The smallest absolute Gasteiger partial charge is 0.269 e. The number of aromatic nitrogens is 2. The summed E-state index contributed by atoms with van der Waals surface area (Å²) >= 11 is 0. The van der Waals surface area contributed by atoms with Crippen LogP contribution in [0.4, 0.5) is 0 Å². The maximum absolute atomic E-state index is 11.9. The molecule has 110 valence electrons. The molecule has 1 aliphatic carbocycles. The second-order valence-electron chi connectivity index (χ2n) is 5.35. The first-order valence-electron chi connectivity index (χ1n) is 7.14. The largest absolute Gasteiger partial charge is 0.353 e. The van der Waals surface area contributed by atoms with E-state index >= 15 is 0 Å². The fourth-order valence-electron chi connectivity index (χ4n) is 2.57. The average molecular weight is 278 g/mol. The lowest BCUT2D eigenvalue weighted by molar-refractivity contribution is -0.121. The molecule has 0 spiro atoms. The van der Waals surface area contributed by atoms with Crippen LogP contribution in [0.15, 0.2) is 6.07 Å². The van der Waals surface area contributed by atoms with Gasteiger partial charge in [0, 0.05) is 26.1 Å². The average Bonchev–Trinajstić information content (AvgIpc) is 2.98. The number of hydrogen-bond donors (Lipinski definition) is 2. The van der Waals surface area contributed by atoms with Gasteiger partial charge >= 0.3 is 0 Å². The van der Waals surface area contributed by atoms with Crippen molar-refractivity contribution in [1.82, 2.24) is 20.4 Å². The summed E-state index contributed by atoms with van der Waals surface area (Å²) in [6, 6.07) is 2.06. The monoisotopic (exact) mass is 278 g/mol. The standard InChI is InChI=1S/C14H22N4O2/c1-10-9-12(18(2)17-10)14(20)15-8-7-13(19)16-11-5-3-4-6-11/h9,11H,3-8H2,1-2H3,(H,15,20)(H,16,19). The van der Waals surface area contributed by atoms with Gasteiger partial charge in [0.2, 0.25) is 5.91 Å². The van der Waals surface area contributed by atoms with E-state index in [0.717, 1.165) is 18.5 Å². The maximum atomic E-state index is 11.9. The Kier molecular flexibility index (Phi) is 4.76. The van der Waals surface area contributed by atoms with Crippen molar-refractivity contribution in [1.29, 1.82) is 0 Å². The Morgan fingerprint density at radius 1 is 1.40 bits per heavy atom. The predicted octanol–water partition coefficient (Wildman–Crippen LogP) is 0.907. The molecule has 0 atom stereocenters. The molecule has 6 nitrogen and oxygen atoms in total. The van der Waals surface area contributed by atoms with E-state index in [4.69, 9.17) is 0 Å². The van der Waals surface area contributed by atoms with E-state index in [1.165, 1.54) is 12.8 Å². The lowest BCUT2D eigenvalue weighted by Gasteiger charge is -2.12. The zero-order valence-electron chi connectivity index (χ0n) is 12.1. The molecular weight excluding hydrogens is 256 g/mol. The molecule has 0 radical (unpaired) electrons. The number of amides is 2. The summed E-state index contributed by atoms with van der Waals surface area (Å²) in [5, 5.41) is 9.87. The van der Waals surface area contributed by atoms with Crippen LogP contribution in [0.1, 0.15) is 48.3 Å². The predicted molar refractivity (Wildman–Crippen MR) is 75.3 cm³/mol. The van der Waals surface area contributed by atoms with E-state index < -0.39 is 0 Å². The molecule has 1 saturated carbocycles. The Morgan fingerprint density at radius 3 is 2.70 bits per heavy atom. The molecule has 2 N–H and O–H groups in total. The van der Waals surface area contributed by atoms with Gasteiger partial charge in [-0.15, -0.1) is 0 Å². The van der Waals surface area contributed by atoms with Crippen LogP contribution in [0.3, 0.4) is 0 Å². The molecule has 2 amide bonds. The van der Waals surface area contributed by atoms with Gasteiger partial charge in [-0.05, 0) is 25.8 Å². The molecule has 20 heavy (non-hydrogen) atoms. The van der Waals surface area contributed by atoms with Crippen LogP contribution < -0.4 is 10.6 Å². The molecule has 2 rings (SSSR count). The first-order valence-corrected chi connectivity index (χ1v) is 7.14. The molecule has 1 aromatic rings. The van der Waals surface area contributed by atoms with Crippen LogP contribution in [0.5, 0.6) is 0 Å². The van der Waals surface area contributed by atoms with Crippen molar-refractivity contribution < 1.29 is 9.59 Å². The van der Waals surface area contributed by atoms with Gasteiger partial charge in [-0.1, -0.05) is 12.8 Å².